The quantitative estimate of drug-likeness (QED) is 0.830. The summed E-state index contributed by atoms with van der Waals surface area (Å²) in [6, 6.07) is 5.85. The van der Waals surface area contributed by atoms with E-state index in [0.29, 0.717) is 0 Å². The third-order valence-electron chi connectivity index (χ3n) is 2.52. The van der Waals surface area contributed by atoms with Crippen molar-refractivity contribution in [3.63, 3.8) is 0 Å². The van der Waals surface area contributed by atoms with Gasteiger partial charge in [-0.2, -0.15) is 0 Å². The summed E-state index contributed by atoms with van der Waals surface area (Å²) in [5, 5.41) is 2.58. The number of rotatable bonds is 2. The maximum atomic E-state index is 13.6. The third-order valence-corrected chi connectivity index (χ3v) is 2.73. The van der Waals surface area contributed by atoms with Gasteiger partial charge >= 0.3 is 0 Å². The second-order valence-corrected chi connectivity index (χ2v) is 4.42. The molecule has 2 rings (SSSR count). The molecule has 0 unspecified atom stereocenters. The molecule has 4 nitrogen and oxygen atoms in total. The van der Waals surface area contributed by atoms with Crippen molar-refractivity contribution in [1.29, 1.82) is 0 Å². The number of nitrogens with zero attached hydrogens (tertiary/aromatic N) is 1. The molecule has 2 aromatic rings. The minimum absolute atomic E-state index is 0.0861. The van der Waals surface area contributed by atoms with Crippen molar-refractivity contribution < 1.29 is 9.18 Å². The van der Waals surface area contributed by atoms with E-state index in [0.717, 1.165) is 5.56 Å². The number of hydrogen-bond acceptors (Lipinski definition) is 3. The van der Waals surface area contributed by atoms with Gasteiger partial charge in [0.15, 0.2) is 0 Å². The number of carbonyl (C=O) groups is 1. The van der Waals surface area contributed by atoms with Crippen LogP contribution in [0.5, 0.6) is 0 Å². The molecular formula is C13H11ClFN3O. The van der Waals surface area contributed by atoms with Crippen LogP contribution in [0.4, 0.5) is 15.8 Å². The van der Waals surface area contributed by atoms with Crippen molar-refractivity contribution in [3.8, 4) is 0 Å². The van der Waals surface area contributed by atoms with E-state index in [9.17, 15) is 9.18 Å². The fourth-order valence-electron chi connectivity index (χ4n) is 1.55. The van der Waals surface area contributed by atoms with Gasteiger partial charge in [-0.1, -0.05) is 17.7 Å². The summed E-state index contributed by atoms with van der Waals surface area (Å²) in [5.74, 6) is -1.04. The maximum absolute atomic E-state index is 13.6. The molecule has 0 radical (unpaired) electrons. The topological polar surface area (TPSA) is 68.0 Å². The normalized spacial score (nSPS) is 10.3. The van der Waals surface area contributed by atoms with E-state index in [1.54, 1.807) is 13.0 Å². The van der Waals surface area contributed by atoms with Crippen molar-refractivity contribution >= 4 is 28.9 Å². The van der Waals surface area contributed by atoms with Gasteiger partial charge in [-0.05, 0) is 30.7 Å². The number of nitrogen functional groups attached to an aromatic ring is 1. The predicted octanol–water partition coefficient (Wildman–Crippen LogP) is 3.02. The first kappa shape index (κ1) is 13.3. The SMILES string of the molecule is Cc1ccc(NC(=O)c2cc(Cl)ncc2N)c(F)c1. The Kier molecular flexibility index (Phi) is 3.66. The third kappa shape index (κ3) is 3.00. The van der Waals surface area contributed by atoms with Crippen LogP contribution in [0.15, 0.2) is 30.5 Å². The molecule has 0 aliphatic rings. The molecule has 6 heteroatoms. The first-order valence-electron chi connectivity index (χ1n) is 5.46. The zero-order valence-electron chi connectivity index (χ0n) is 10.1. The lowest BCUT2D eigenvalue weighted by atomic mass is 10.2. The number of benzene rings is 1. The maximum Gasteiger partial charge on any atom is 0.258 e. The molecule has 1 aromatic carbocycles. The van der Waals surface area contributed by atoms with Crippen LogP contribution in [-0.2, 0) is 0 Å². The number of nitrogens with one attached hydrogen (secondary N) is 1. The molecule has 0 aliphatic carbocycles. The van der Waals surface area contributed by atoms with E-state index < -0.39 is 11.7 Å². The van der Waals surface area contributed by atoms with Gasteiger partial charge in [0.2, 0.25) is 0 Å². The zero-order chi connectivity index (χ0) is 14.0. The standard InChI is InChI=1S/C13H11ClFN3O/c1-7-2-3-11(9(15)4-7)18-13(19)8-5-12(14)17-6-10(8)16/h2-6H,16H2,1H3,(H,18,19). The molecule has 0 saturated carbocycles. The molecule has 1 amide bonds. The number of aryl methyl sites for hydroxylation is 1. The minimum atomic E-state index is -0.537. The van der Waals surface area contributed by atoms with Crippen molar-refractivity contribution in [2.45, 2.75) is 6.92 Å². The molecule has 3 N–H and O–H groups in total. The van der Waals surface area contributed by atoms with Crippen molar-refractivity contribution in [2.75, 3.05) is 11.1 Å². The Morgan fingerprint density at radius 1 is 1.42 bits per heavy atom. The van der Waals surface area contributed by atoms with Gasteiger partial charge in [-0.3, -0.25) is 4.79 Å². The summed E-state index contributed by atoms with van der Waals surface area (Å²) < 4.78 is 13.6. The van der Waals surface area contributed by atoms with Crippen LogP contribution >= 0.6 is 11.6 Å². The Bertz CT molecular complexity index is 646. The summed E-state index contributed by atoms with van der Waals surface area (Å²) in [7, 11) is 0. The molecule has 0 fully saturated rings. The van der Waals surface area contributed by atoms with E-state index in [-0.39, 0.29) is 22.1 Å². The van der Waals surface area contributed by atoms with E-state index >= 15 is 0 Å². The Balaban J connectivity index is 2.28. The second-order valence-electron chi connectivity index (χ2n) is 4.03. The summed E-state index contributed by atoms with van der Waals surface area (Å²) in [6.07, 6.45) is 1.28. The lowest BCUT2D eigenvalue weighted by Crippen LogP contribution is -2.15. The molecule has 0 bridgehead atoms. The van der Waals surface area contributed by atoms with Crippen LogP contribution in [0.2, 0.25) is 5.15 Å². The van der Waals surface area contributed by atoms with Crippen LogP contribution < -0.4 is 11.1 Å². The Morgan fingerprint density at radius 2 is 2.16 bits per heavy atom. The highest BCUT2D eigenvalue weighted by Crippen LogP contribution is 2.19. The lowest BCUT2D eigenvalue weighted by molar-refractivity contribution is 0.102. The predicted molar refractivity (Wildman–Crippen MR) is 72.7 cm³/mol. The molecule has 98 valence electrons. The zero-order valence-corrected chi connectivity index (χ0v) is 10.8. The number of carbonyl (C=O) groups excluding carboxylic acids is 1. The summed E-state index contributed by atoms with van der Waals surface area (Å²) in [4.78, 5) is 15.7. The van der Waals surface area contributed by atoms with E-state index in [2.05, 4.69) is 10.3 Å². The van der Waals surface area contributed by atoms with Gasteiger partial charge in [-0.25, -0.2) is 9.37 Å². The molecule has 0 aliphatic heterocycles. The fraction of sp³-hybridized carbons (Fsp3) is 0.0769. The first-order chi connectivity index (χ1) is 8.97. The van der Waals surface area contributed by atoms with Gasteiger partial charge in [0.05, 0.1) is 23.1 Å². The van der Waals surface area contributed by atoms with Crippen molar-refractivity contribution in [2.24, 2.45) is 0 Å². The van der Waals surface area contributed by atoms with Crippen molar-refractivity contribution in [1.82, 2.24) is 4.98 Å². The average molecular weight is 280 g/mol. The van der Waals surface area contributed by atoms with E-state index in [1.807, 2.05) is 0 Å². The average Bonchev–Trinajstić information content (AvgIpc) is 2.35. The van der Waals surface area contributed by atoms with Crippen LogP contribution in [0.3, 0.4) is 0 Å². The fourth-order valence-corrected chi connectivity index (χ4v) is 1.71. The molecule has 0 atom stereocenters. The monoisotopic (exact) mass is 279 g/mol. The highest BCUT2D eigenvalue weighted by molar-refractivity contribution is 6.30. The summed E-state index contributed by atoms with van der Waals surface area (Å²) in [6.45, 7) is 1.76. The highest BCUT2D eigenvalue weighted by Gasteiger charge is 2.13. The first-order valence-corrected chi connectivity index (χ1v) is 5.83. The van der Waals surface area contributed by atoms with E-state index in [1.165, 1.54) is 24.4 Å². The lowest BCUT2D eigenvalue weighted by Gasteiger charge is -2.08. The molecule has 1 aromatic heterocycles. The van der Waals surface area contributed by atoms with Gasteiger partial charge in [-0.15, -0.1) is 0 Å². The van der Waals surface area contributed by atoms with Gasteiger partial charge < -0.3 is 11.1 Å². The van der Waals surface area contributed by atoms with E-state index in [4.69, 9.17) is 17.3 Å². The second kappa shape index (κ2) is 5.24. The number of anilines is 2. The van der Waals surface area contributed by atoms with Crippen molar-refractivity contribution in [3.05, 3.63) is 52.6 Å². The molecule has 0 spiro atoms. The number of pyridine rings is 1. The summed E-state index contributed by atoms with van der Waals surface area (Å²) >= 11 is 5.70. The highest BCUT2D eigenvalue weighted by atomic mass is 35.5. The molecule has 19 heavy (non-hydrogen) atoms. The number of halogens is 2. The van der Waals surface area contributed by atoms with Gasteiger partial charge in [0.1, 0.15) is 11.0 Å². The number of aromatic nitrogens is 1. The Labute approximate surface area is 114 Å². The number of hydrogen-bond donors (Lipinski definition) is 2. The van der Waals surface area contributed by atoms with Gasteiger partial charge in [0.25, 0.3) is 5.91 Å². The van der Waals surface area contributed by atoms with Gasteiger partial charge in [0, 0.05) is 0 Å². The summed E-state index contributed by atoms with van der Waals surface area (Å²) in [5.41, 5.74) is 6.81. The smallest absolute Gasteiger partial charge is 0.258 e. The van der Waals surface area contributed by atoms with Crippen LogP contribution in [-0.4, -0.2) is 10.9 Å². The number of nitrogens with two attached hydrogens (primary N) is 1. The molecule has 0 saturated heterocycles. The van der Waals surface area contributed by atoms with Crippen LogP contribution in [0.25, 0.3) is 0 Å². The molecular weight excluding hydrogens is 269 g/mol. The minimum Gasteiger partial charge on any atom is -0.397 e. The Morgan fingerprint density at radius 3 is 2.84 bits per heavy atom. The Hall–Kier alpha value is -2.14. The number of amides is 1. The largest absolute Gasteiger partial charge is 0.397 e. The molecule has 1 heterocycles. The van der Waals surface area contributed by atoms with Crippen LogP contribution in [0.1, 0.15) is 15.9 Å². The van der Waals surface area contributed by atoms with Crippen LogP contribution in [0, 0.1) is 12.7 Å².